The zero-order chi connectivity index (χ0) is 23.5. The Morgan fingerprint density at radius 2 is 1.81 bits per heavy atom. The largest absolute Gasteiger partial charge is 0.452 e. The Balaban J connectivity index is 1.69. The molecule has 1 heterocycles. The highest BCUT2D eigenvalue weighted by Crippen LogP contribution is 2.36. The van der Waals surface area contributed by atoms with Gasteiger partial charge in [0.25, 0.3) is 5.91 Å². The van der Waals surface area contributed by atoms with Crippen molar-refractivity contribution in [2.75, 3.05) is 18.5 Å². The van der Waals surface area contributed by atoms with Crippen molar-refractivity contribution in [1.82, 2.24) is 4.90 Å². The topological polar surface area (TPSA) is 75.7 Å². The third kappa shape index (κ3) is 6.32. The van der Waals surface area contributed by atoms with E-state index in [4.69, 9.17) is 4.74 Å². The fourth-order valence-corrected chi connectivity index (χ4v) is 4.11. The molecular formula is C22H23F3N2O4S. The molecule has 2 amide bonds. The molecule has 1 aromatic heterocycles. The van der Waals surface area contributed by atoms with E-state index in [0.29, 0.717) is 21.0 Å². The second-order valence-corrected chi connectivity index (χ2v) is 8.90. The lowest BCUT2D eigenvalue weighted by molar-refractivity contribution is -0.164. The van der Waals surface area contributed by atoms with E-state index in [2.05, 4.69) is 5.32 Å². The SMILES string of the molecule is Cc1sc(NC(=O)C2CC2)c(C(=O)OCC(=O)N(Cc2ccccc2)CC(F)(F)F)c1C. The van der Waals surface area contributed by atoms with Crippen LogP contribution in [0.3, 0.4) is 0 Å². The van der Waals surface area contributed by atoms with Gasteiger partial charge in [0.15, 0.2) is 6.61 Å². The van der Waals surface area contributed by atoms with Crippen molar-refractivity contribution >= 4 is 34.1 Å². The number of benzene rings is 1. The summed E-state index contributed by atoms with van der Waals surface area (Å²) in [5, 5.41) is 3.05. The summed E-state index contributed by atoms with van der Waals surface area (Å²) in [6.45, 7) is 0.891. The molecule has 0 saturated heterocycles. The number of nitrogens with zero attached hydrogens (tertiary/aromatic N) is 1. The van der Waals surface area contributed by atoms with Crippen LogP contribution < -0.4 is 5.32 Å². The smallest absolute Gasteiger partial charge is 0.406 e. The first-order valence-corrected chi connectivity index (χ1v) is 10.8. The summed E-state index contributed by atoms with van der Waals surface area (Å²) in [5.41, 5.74) is 1.24. The number of thiophene rings is 1. The molecule has 10 heteroatoms. The molecule has 2 aromatic rings. The van der Waals surface area contributed by atoms with Gasteiger partial charge in [0.1, 0.15) is 11.5 Å². The third-order valence-corrected chi connectivity index (χ3v) is 6.16. The number of esters is 1. The van der Waals surface area contributed by atoms with Crippen LogP contribution in [0, 0.1) is 19.8 Å². The van der Waals surface area contributed by atoms with Gasteiger partial charge >= 0.3 is 12.1 Å². The molecule has 0 unspecified atom stereocenters. The second-order valence-electron chi connectivity index (χ2n) is 7.68. The second kappa shape index (κ2) is 9.72. The van der Waals surface area contributed by atoms with Gasteiger partial charge in [-0.3, -0.25) is 9.59 Å². The normalized spacial score (nSPS) is 13.5. The fraction of sp³-hybridized carbons (Fsp3) is 0.409. The van der Waals surface area contributed by atoms with Crippen molar-refractivity contribution in [2.24, 2.45) is 5.92 Å². The van der Waals surface area contributed by atoms with E-state index < -0.39 is 31.2 Å². The zero-order valence-electron chi connectivity index (χ0n) is 17.6. The number of aryl methyl sites for hydroxylation is 1. The molecule has 0 spiro atoms. The predicted molar refractivity (Wildman–Crippen MR) is 113 cm³/mol. The lowest BCUT2D eigenvalue weighted by Gasteiger charge is -2.24. The number of nitrogens with one attached hydrogen (secondary N) is 1. The van der Waals surface area contributed by atoms with Gasteiger partial charge < -0.3 is 15.0 Å². The number of alkyl halides is 3. The molecule has 0 radical (unpaired) electrons. The van der Waals surface area contributed by atoms with Crippen LogP contribution >= 0.6 is 11.3 Å². The van der Waals surface area contributed by atoms with Crippen LogP contribution in [0.2, 0.25) is 0 Å². The Kier molecular flexibility index (Phi) is 7.22. The van der Waals surface area contributed by atoms with Crippen molar-refractivity contribution in [2.45, 2.75) is 39.4 Å². The number of rotatable bonds is 8. The Labute approximate surface area is 187 Å². The molecule has 1 N–H and O–H groups in total. The van der Waals surface area contributed by atoms with Crippen molar-refractivity contribution in [3.63, 3.8) is 0 Å². The quantitative estimate of drug-likeness (QED) is 0.581. The minimum Gasteiger partial charge on any atom is -0.452 e. The summed E-state index contributed by atoms with van der Waals surface area (Å²) in [5.74, 6) is -2.08. The monoisotopic (exact) mass is 468 g/mol. The summed E-state index contributed by atoms with van der Waals surface area (Å²) in [6.07, 6.45) is -3.02. The highest BCUT2D eigenvalue weighted by molar-refractivity contribution is 7.16. The van der Waals surface area contributed by atoms with E-state index >= 15 is 0 Å². The van der Waals surface area contributed by atoms with Gasteiger partial charge in [0.05, 0.1) is 5.56 Å². The fourth-order valence-electron chi connectivity index (χ4n) is 3.06. The van der Waals surface area contributed by atoms with Gasteiger partial charge in [-0.05, 0) is 37.8 Å². The van der Waals surface area contributed by atoms with Crippen molar-refractivity contribution in [1.29, 1.82) is 0 Å². The Morgan fingerprint density at radius 3 is 2.41 bits per heavy atom. The summed E-state index contributed by atoms with van der Waals surface area (Å²) >= 11 is 1.22. The number of hydrogen-bond donors (Lipinski definition) is 1. The number of carbonyl (C=O) groups excluding carboxylic acids is 3. The van der Waals surface area contributed by atoms with Gasteiger partial charge in [0, 0.05) is 17.3 Å². The van der Waals surface area contributed by atoms with Crippen molar-refractivity contribution in [3.8, 4) is 0 Å². The van der Waals surface area contributed by atoms with Gasteiger partial charge in [-0.25, -0.2) is 4.79 Å². The van der Waals surface area contributed by atoms with Gasteiger partial charge in [-0.15, -0.1) is 11.3 Å². The van der Waals surface area contributed by atoms with E-state index in [1.54, 1.807) is 44.2 Å². The molecule has 1 aliphatic carbocycles. The molecule has 3 rings (SSSR count). The highest BCUT2D eigenvalue weighted by Gasteiger charge is 2.34. The number of hydrogen-bond acceptors (Lipinski definition) is 5. The average Bonchev–Trinajstić information content (AvgIpc) is 3.52. The first kappa shape index (κ1) is 23.8. The zero-order valence-corrected chi connectivity index (χ0v) is 18.4. The molecule has 6 nitrogen and oxygen atoms in total. The maximum absolute atomic E-state index is 13.0. The van der Waals surface area contributed by atoms with E-state index in [-0.39, 0.29) is 23.9 Å². The van der Waals surface area contributed by atoms with E-state index in [1.807, 2.05) is 0 Å². The lowest BCUT2D eigenvalue weighted by atomic mass is 10.1. The van der Waals surface area contributed by atoms with Crippen molar-refractivity contribution < 1.29 is 32.3 Å². The lowest BCUT2D eigenvalue weighted by Crippen LogP contribution is -2.40. The molecule has 1 aliphatic rings. The Bertz CT molecular complexity index is 1000. The van der Waals surface area contributed by atoms with Crippen LogP contribution in [0.5, 0.6) is 0 Å². The minimum absolute atomic E-state index is 0.0722. The molecule has 1 fully saturated rings. The standard InChI is InChI=1S/C22H23F3N2O4S/c1-13-14(2)32-20(26-19(29)16-8-9-16)18(13)21(30)31-11-17(28)27(12-22(23,24)25)10-15-6-4-3-5-7-15/h3-7,16H,8-12H2,1-2H3,(H,26,29). The summed E-state index contributed by atoms with van der Waals surface area (Å²) in [7, 11) is 0. The molecule has 0 bridgehead atoms. The first-order valence-electron chi connectivity index (χ1n) is 10.0. The molecule has 32 heavy (non-hydrogen) atoms. The van der Waals surface area contributed by atoms with E-state index in [1.165, 1.54) is 11.3 Å². The first-order chi connectivity index (χ1) is 15.0. The number of anilines is 1. The van der Waals surface area contributed by atoms with Gasteiger partial charge in [-0.2, -0.15) is 13.2 Å². The third-order valence-electron chi connectivity index (χ3n) is 5.04. The van der Waals surface area contributed by atoms with Crippen molar-refractivity contribution in [3.05, 3.63) is 51.9 Å². The van der Waals surface area contributed by atoms with Crippen LogP contribution in [0.4, 0.5) is 18.2 Å². The number of ether oxygens (including phenoxy) is 1. The Morgan fingerprint density at radius 1 is 1.16 bits per heavy atom. The van der Waals surface area contributed by atoms with Crippen LogP contribution in [-0.2, 0) is 20.9 Å². The summed E-state index contributed by atoms with van der Waals surface area (Å²) in [4.78, 5) is 38.7. The maximum Gasteiger partial charge on any atom is 0.406 e. The van der Waals surface area contributed by atoms with Crippen LogP contribution in [0.1, 0.15) is 39.2 Å². The number of amides is 2. The number of halogens is 3. The van der Waals surface area contributed by atoms with Gasteiger partial charge in [-0.1, -0.05) is 30.3 Å². The summed E-state index contributed by atoms with van der Waals surface area (Å²) in [6, 6.07) is 8.24. The molecular weight excluding hydrogens is 445 g/mol. The highest BCUT2D eigenvalue weighted by atomic mass is 32.1. The maximum atomic E-state index is 13.0. The van der Waals surface area contributed by atoms with Crippen LogP contribution in [0.15, 0.2) is 30.3 Å². The van der Waals surface area contributed by atoms with Gasteiger partial charge in [0.2, 0.25) is 5.91 Å². The Hall–Kier alpha value is -2.88. The molecule has 1 aromatic carbocycles. The molecule has 1 saturated carbocycles. The molecule has 172 valence electrons. The number of carbonyl (C=O) groups is 3. The molecule has 0 atom stereocenters. The van der Waals surface area contributed by atoms with Crippen LogP contribution in [0.25, 0.3) is 0 Å². The summed E-state index contributed by atoms with van der Waals surface area (Å²) < 4.78 is 44.1. The van der Waals surface area contributed by atoms with E-state index in [0.717, 1.165) is 17.7 Å². The molecule has 0 aliphatic heterocycles. The minimum atomic E-state index is -4.60. The van der Waals surface area contributed by atoms with E-state index in [9.17, 15) is 27.6 Å². The van der Waals surface area contributed by atoms with Crippen LogP contribution in [-0.4, -0.2) is 42.0 Å². The average molecular weight is 468 g/mol. The predicted octanol–water partition coefficient (Wildman–Crippen LogP) is 4.46.